The Morgan fingerprint density at radius 3 is 3.21 bits per heavy atom. The molecule has 1 aliphatic heterocycles. The molecule has 0 aliphatic carbocycles. The van der Waals surface area contributed by atoms with Gasteiger partial charge in [-0.3, -0.25) is 4.79 Å². The van der Waals surface area contributed by atoms with Gasteiger partial charge in [-0.1, -0.05) is 11.8 Å². The minimum atomic E-state index is -0.264. The van der Waals surface area contributed by atoms with Gasteiger partial charge < -0.3 is 15.8 Å². The summed E-state index contributed by atoms with van der Waals surface area (Å²) in [6.45, 7) is 3.70. The van der Waals surface area contributed by atoms with Crippen LogP contribution in [0.15, 0.2) is 11.4 Å². The predicted molar refractivity (Wildman–Crippen MR) is 76.2 cm³/mol. The van der Waals surface area contributed by atoms with Crippen molar-refractivity contribution >= 4 is 17.2 Å². The van der Waals surface area contributed by atoms with Gasteiger partial charge in [-0.2, -0.15) is 0 Å². The second-order valence-corrected chi connectivity index (χ2v) is 5.79. The number of thiophene rings is 1. The monoisotopic (exact) mass is 278 g/mol. The third kappa shape index (κ3) is 3.80. The van der Waals surface area contributed by atoms with E-state index in [2.05, 4.69) is 17.2 Å². The van der Waals surface area contributed by atoms with Gasteiger partial charge in [0.25, 0.3) is 5.91 Å². The van der Waals surface area contributed by atoms with E-state index in [1.54, 1.807) is 6.07 Å². The van der Waals surface area contributed by atoms with Gasteiger partial charge in [0.2, 0.25) is 0 Å². The van der Waals surface area contributed by atoms with Crippen LogP contribution in [0.3, 0.4) is 0 Å². The van der Waals surface area contributed by atoms with E-state index in [0.717, 1.165) is 24.3 Å². The topological polar surface area (TPSA) is 64.4 Å². The van der Waals surface area contributed by atoms with Crippen LogP contribution in [0.5, 0.6) is 0 Å². The van der Waals surface area contributed by atoms with E-state index in [1.807, 2.05) is 12.3 Å². The van der Waals surface area contributed by atoms with Crippen molar-refractivity contribution in [2.24, 2.45) is 5.73 Å². The fourth-order valence-electron chi connectivity index (χ4n) is 2.04. The van der Waals surface area contributed by atoms with Crippen LogP contribution < -0.4 is 11.1 Å². The minimum Gasteiger partial charge on any atom is -0.379 e. The average Bonchev–Trinajstić information content (AvgIpc) is 2.85. The van der Waals surface area contributed by atoms with Gasteiger partial charge in [-0.15, -0.1) is 11.3 Å². The summed E-state index contributed by atoms with van der Waals surface area (Å²) in [7, 11) is 0. The van der Waals surface area contributed by atoms with Crippen LogP contribution in [0.25, 0.3) is 0 Å². The van der Waals surface area contributed by atoms with Crippen LogP contribution in [0.2, 0.25) is 0 Å². The third-order valence-corrected chi connectivity index (χ3v) is 3.87. The van der Waals surface area contributed by atoms with Gasteiger partial charge in [-0.25, -0.2) is 0 Å². The molecule has 1 unspecified atom stereocenters. The summed E-state index contributed by atoms with van der Waals surface area (Å²) < 4.78 is 5.43. The predicted octanol–water partition coefficient (Wildman–Crippen LogP) is 1.36. The van der Waals surface area contributed by atoms with Crippen molar-refractivity contribution in [3.8, 4) is 11.8 Å². The second-order valence-electron chi connectivity index (χ2n) is 4.88. The standard InChI is InChI=1S/C14H18N2O2S/c1-14(5-3-7-18-10-14)16-13(17)11-8-12(19-9-11)4-2-6-15/h8-9H,3,5-7,10,15H2,1H3,(H,16,17). The van der Waals surface area contributed by atoms with Crippen molar-refractivity contribution in [2.75, 3.05) is 19.8 Å². The summed E-state index contributed by atoms with van der Waals surface area (Å²) >= 11 is 1.46. The smallest absolute Gasteiger partial charge is 0.252 e. The highest BCUT2D eigenvalue weighted by Gasteiger charge is 2.29. The van der Waals surface area contributed by atoms with E-state index in [9.17, 15) is 4.79 Å². The first kappa shape index (κ1) is 14.1. The first-order chi connectivity index (χ1) is 9.13. The van der Waals surface area contributed by atoms with Crippen LogP contribution in [0, 0.1) is 11.8 Å². The number of carbonyl (C=O) groups excluding carboxylic acids is 1. The van der Waals surface area contributed by atoms with Gasteiger partial charge in [0.1, 0.15) is 0 Å². The van der Waals surface area contributed by atoms with Gasteiger partial charge in [-0.05, 0) is 25.8 Å². The number of hydrogen-bond donors (Lipinski definition) is 2. The molecule has 4 nitrogen and oxygen atoms in total. The molecule has 1 amide bonds. The van der Waals surface area contributed by atoms with Crippen LogP contribution in [-0.2, 0) is 4.74 Å². The van der Waals surface area contributed by atoms with E-state index in [-0.39, 0.29) is 11.4 Å². The van der Waals surface area contributed by atoms with Gasteiger partial charge in [0, 0.05) is 12.0 Å². The number of carbonyl (C=O) groups is 1. The number of amides is 1. The zero-order chi connectivity index (χ0) is 13.7. The van der Waals surface area contributed by atoms with E-state index < -0.39 is 0 Å². The maximum absolute atomic E-state index is 12.2. The quantitative estimate of drug-likeness (QED) is 0.803. The SMILES string of the molecule is CC1(NC(=O)c2csc(C#CCN)c2)CCCOC1. The maximum atomic E-state index is 12.2. The molecule has 102 valence electrons. The summed E-state index contributed by atoms with van der Waals surface area (Å²) in [5.74, 6) is 5.65. The number of nitrogens with one attached hydrogen (secondary N) is 1. The second kappa shape index (κ2) is 6.20. The van der Waals surface area contributed by atoms with Crippen molar-refractivity contribution < 1.29 is 9.53 Å². The lowest BCUT2D eigenvalue weighted by molar-refractivity contribution is 0.0273. The summed E-state index contributed by atoms with van der Waals surface area (Å²) in [5.41, 5.74) is 5.71. The number of hydrogen-bond acceptors (Lipinski definition) is 4. The molecule has 0 aromatic carbocycles. The highest BCUT2D eigenvalue weighted by Crippen LogP contribution is 2.20. The molecule has 2 heterocycles. The fourth-order valence-corrected chi connectivity index (χ4v) is 2.79. The Bertz CT molecular complexity index is 507. The first-order valence-corrected chi connectivity index (χ1v) is 7.19. The number of nitrogens with two attached hydrogens (primary N) is 1. The molecule has 1 aromatic heterocycles. The molecule has 1 atom stereocenters. The summed E-state index contributed by atoms with van der Waals surface area (Å²) in [6.07, 6.45) is 1.93. The lowest BCUT2D eigenvalue weighted by atomic mass is 9.94. The molecule has 0 bridgehead atoms. The Morgan fingerprint density at radius 2 is 2.53 bits per heavy atom. The Balaban J connectivity index is 2.01. The van der Waals surface area contributed by atoms with Crippen molar-refractivity contribution in [1.29, 1.82) is 0 Å². The molecular formula is C14H18N2O2S. The van der Waals surface area contributed by atoms with Crippen LogP contribution in [0.4, 0.5) is 0 Å². The Hall–Kier alpha value is -1.35. The molecule has 1 fully saturated rings. The van der Waals surface area contributed by atoms with E-state index in [4.69, 9.17) is 10.5 Å². The molecule has 1 aromatic rings. The van der Waals surface area contributed by atoms with Gasteiger partial charge in [0.05, 0.1) is 29.1 Å². The van der Waals surface area contributed by atoms with E-state index in [0.29, 0.717) is 18.7 Å². The summed E-state index contributed by atoms with van der Waals surface area (Å²) in [5, 5.41) is 4.87. The van der Waals surface area contributed by atoms with Crippen LogP contribution in [-0.4, -0.2) is 31.2 Å². The average molecular weight is 278 g/mol. The molecular weight excluding hydrogens is 260 g/mol. The molecule has 19 heavy (non-hydrogen) atoms. The van der Waals surface area contributed by atoms with Crippen molar-refractivity contribution in [3.05, 3.63) is 21.9 Å². The van der Waals surface area contributed by atoms with Gasteiger partial charge >= 0.3 is 0 Å². The Morgan fingerprint density at radius 1 is 1.68 bits per heavy atom. The van der Waals surface area contributed by atoms with E-state index in [1.165, 1.54) is 11.3 Å². The fraction of sp³-hybridized carbons (Fsp3) is 0.500. The molecule has 3 N–H and O–H groups in total. The minimum absolute atomic E-state index is 0.0648. The third-order valence-electron chi connectivity index (χ3n) is 3.03. The molecule has 2 rings (SSSR count). The van der Waals surface area contributed by atoms with Crippen LogP contribution in [0.1, 0.15) is 35.0 Å². The summed E-state index contributed by atoms with van der Waals surface area (Å²) in [6, 6.07) is 1.80. The molecule has 0 radical (unpaired) electrons. The first-order valence-electron chi connectivity index (χ1n) is 6.31. The molecule has 5 heteroatoms. The van der Waals surface area contributed by atoms with Crippen molar-refractivity contribution in [1.82, 2.24) is 5.32 Å². The van der Waals surface area contributed by atoms with E-state index >= 15 is 0 Å². The molecule has 1 saturated heterocycles. The normalized spacial score (nSPS) is 22.4. The zero-order valence-electron chi connectivity index (χ0n) is 11.0. The van der Waals surface area contributed by atoms with Crippen molar-refractivity contribution in [3.63, 3.8) is 0 Å². The number of rotatable bonds is 2. The van der Waals surface area contributed by atoms with Crippen LogP contribution >= 0.6 is 11.3 Å². The zero-order valence-corrected chi connectivity index (χ0v) is 11.8. The van der Waals surface area contributed by atoms with Gasteiger partial charge in [0.15, 0.2) is 0 Å². The Labute approximate surface area is 117 Å². The largest absolute Gasteiger partial charge is 0.379 e. The molecule has 1 aliphatic rings. The maximum Gasteiger partial charge on any atom is 0.252 e. The highest BCUT2D eigenvalue weighted by atomic mass is 32.1. The molecule has 0 spiro atoms. The lowest BCUT2D eigenvalue weighted by Gasteiger charge is -2.34. The Kier molecular flexibility index (Phi) is 4.59. The molecule has 0 saturated carbocycles. The lowest BCUT2D eigenvalue weighted by Crippen LogP contribution is -2.51. The van der Waals surface area contributed by atoms with Crippen molar-refractivity contribution in [2.45, 2.75) is 25.3 Å². The number of ether oxygens (including phenoxy) is 1. The highest BCUT2D eigenvalue weighted by molar-refractivity contribution is 7.10. The summed E-state index contributed by atoms with van der Waals surface area (Å²) in [4.78, 5) is 13.0.